The molecule has 0 N–H and O–H groups in total. The van der Waals surface area contributed by atoms with Gasteiger partial charge in [-0.25, -0.2) is 0 Å². The van der Waals surface area contributed by atoms with Crippen molar-refractivity contribution in [2.45, 2.75) is 57.8 Å². The zero-order valence-corrected chi connectivity index (χ0v) is 12.4. The minimum Gasteiger partial charge on any atom is -0.183 e. The van der Waals surface area contributed by atoms with Gasteiger partial charge in [-0.3, -0.25) is 0 Å². The molecule has 0 amide bonds. The maximum absolute atomic E-state index is 8.49. The van der Waals surface area contributed by atoms with Gasteiger partial charge in [0, 0.05) is 11.8 Å². The van der Waals surface area contributed by atoms with Crippen LogP contribution in [0.25, 0.3) is 0 Å². The second-order valence-corrected chi connectivity index (χ2v) is 5.77. The highest BCUT2D eigenvalue weighted by molar-refractivity contribution is 5.26. The molecule has 0 atom stereocenters. The number of nitrogens with zero attached hydrogens (tertiary/aromatic N) is 1. The average molecular weight is 265 g/mol. The summed E-state index contributed by atoms with van der Waals surface area (Å²) in [6.45, 7) is 2.24. The molecule has 1 aromatic carbocycles. The van der Waals surface area contributed by atoms with Crippen LogP contribution in [0, 0.1) is 29.1 Å². The second-order valence-electron chi connectivity index (χ2n) is 5.77. The largest absolute Gasteiger partial charge is 0.183 e. The molecule has 2 rings (SSSR count). The maximum Gasteiger partial charge on any atom is 0.152 e. The summed E-state index contributed by atoms with van der Waals surface area (Å²) >= 11 is 0. The van der Waals surface area contributed by atoms with Crippen LogP contribution in [0.3, 0.4) is 0 Å². The van der Waals surface area contributed by atoms with Gasteiger partial charge in [0.25, 0.3) is 0 Å². The van der Waals surface area contributed by atoms with Crippen molar-refractivity contribution in [2.24, 2.45) is 5.92 Å². The van der Waals surface area contributed by atoms with Gasteiger partial charge in [-0.2, -0.15) is 5.26 Å². The zero-order valence-electron chi connectivity index (χ0n) is 12.4. The van der Waals surface area contributed by atoms with Crippen molar-refractivity contribution >= 4 is 0 Å². The molecule has 0 radical (unpaired) electrons. The highest BCUT2D eigenvalue weighted by Crippen LogP contribution is 2.35. The molecule has 1 fully saturated rings. The number of unbranched alkanes of at least 4 members (excludes halogenated alkanes) is 1. The van der Waals surface area contributed by atoms with Crippen LogP contribution >= 0.6 is 0 Å². The highest BCUT2D eigenvalue weighted by Gasteiger charge is 2.21. The van der Waals surface area contributed by atoms with E-state index in [9.17, 15) is 0 Å². The van der Waals surface area contributed by atoms with Crippen LogP contribution in [0.4, 0.5) is 0 Å². The molecule has 20 heavy (non-hydrogen) atoms. The molecule has 1 heteroatoms. The van der Waals surface area contributed by atoms with Crippen LogP contribution in [0.5, 0.6) is 0 Å². The van der Waals surface area contributed by atoms with E-state index in [1.54, 1.807) is 0 Å². The predicted molar refractivity (Wildman–Crippen MR) is 83.1 cm³/mol. The van der Waals surface area contributed by atoms with Crippen LogP contribution in [0.1, 0.15) is 62.5 Å². The van der Waals surface area contributed by atoms with Crippen LogP contribution in [0.2, 0.25) is 0 Å². The summed E-state index contributed by atoms with van der Waals surface area (Å²) in [4.78, 5) is 0. The van der Waals surface area contributed by atoms with Crippen molar-refractivity contribution in [3.8, 4) is 17.9 Å². The third-order valence-electron chi connectivity index (χ3n) is 4.33. The fraction of sp³-hybridized carbons (Fsp3) is 0.526. The monoisotopic (exact) mass is 265 g/mol. The van der Waals surface area contributed by atoms with Crippen molar-refractivity contribution in [3.63, 3.8) is 0 Å². The summed E-state index contributed by atoms with van der Waals surface area (Å²) in [5, 5.41) is 8.49. The Kier molecular flexibility index (Phi) is 5.69. The lowest BCUT2D eigenvalue weighted by Crippen LogP contribution is -2.12. The third-order valence-corrected chi connectivity index (χ3v) is 4.33. The smallest absolute Gasteiger partial charge is 0.152 e. The lowest BCUT2D eigenvalue weighted by Gasteiger charge is -2.26. The molecule has 0 saturated heterocycles. The Morgan fingerprint density at radius 1 is 1.10 bits per heavy atom. The summed E-state index contributed by atoms with van der Waals surface area (Å²) in [5.41, 5.74) is 2.95. The average Bonchev–Trinajstić information content (AvgIpc) is 2.52. The normalized spacial score (nSPS) is 21.6. The molecule has 0 aliphatic heterocycles. The minimum atomic E-state index is 0.440. The summed E-state index contributed by atoms with van der Waals surface area (Å²) in [6.07, 6.45) is 8.43. The fourth-order valence-electron chi connectivity index (χ4n) is 3.04. The summed E-state index contributed by atoms with van der Waals surface area (Å²) in [5.74, 6) is 6.75. The van der Waals surface area contributed by atoms with E-state index in [-0.39, 0.29) is 0 Å². The number of aryl methyl sites for hydroxylation is 1. The van der Waals surface area contributed by atoms with Gasteiger partial charge >= 0.3 is 0 Å². The van der Waals surface area contributed by atoms with Crippen molar-refractivity contribution < 1.29 is 0 Å². The quantitative estimate of drug-likeness (QED) is 0.715. The van der Waals surface area contributed by atoms with Crippen molar-refractivity contribution in [1.82, 2.24) is 0 Å². The van der Waals surface area contributed by atoms with Gasteiger partial charge in [-0.15, -0.1) is 0 Å². The Hall–Kier alpha value is -1.73. The lowest BCUT2D eigenvalue weighted by atomic mass is 9.79. The van der Waals surface area contributed by atoms with Gasteiger partial charge in [-0.1, -0.05) is 43.5 Å². The molecule has 1 aromatic rings. The molecule has 0 spiro atoms. The number of rotatable bonds is 4. The molecule has 1 aliphatic rings. The SMILES string of the molecule is CCCCc1ccc([C@H]2CC[C@H](C#CC#N)CC2)cc1. The number of nitriles is 1. The van der Waals surface area contributed by atoms with E-state index in [4.69, 9.17) is 5.26 Å². The van der Waals surface area contributed by atoms with Gasteiger partial charge in [0.15, 0.2) is 6.07 Å². The molecular formula is C19H23N. The summed E-state index contributed by atoms with van der Waals surface area (Å²) in [6, 6.07) is 11.1. The first-order valence-corrected chi connectivity index (χ1v) is 7.82. The number of hydrogen-bond donors (Lipinski definition) is 0. The molecule has 1 aliphatic carbocycles. The standard InChI is InChI=1S/C19H23N/c1-2-3-5-16-7-11-18(12-8-16)19-13-9-17(10-14-19)6-4-15-20/h7-8,11-12,17,19H,2-3,5,9-10,13-14H2,1H3/t17-,19-. The predicted octanol–water partition coefficient (Wildman–Crippen LogP) is 4.83. The third kappa shape index (κ3) is 4.14. The van der Waals surface area contributed by atoms with Gasteiger partial charge in [0.05, 0.1) is 0 Å². The van der Waals surface area contributed by atoms with Crippen LogP contribution in [-0.2, 0) is 6.42 Å². The van der Waals surface area contributed by atoms with E-state index in [0.717, 1.165) is 12.8 Å². The fourth-order valence-corrected chi connectivity index (χ4v) is 3.04. The Labute approximate surface area is 123 Å². The Bertz CT molecular complexity index is 501. The maximum atomic E-state index is 8.49. The van der Waals surface area contributed by atoms with Gasteiger partial charge in [0.1, 0.15) is 0 Å². The second kappa shape index (κ2) is 7.76. The van der Waals surface area contributed by atoms with Crippen molar-refractivity contribution in [2.75, 3.05) is 0 Å². The van der Waals surface area contributed by atoms with Gasteiger partial charge < -0.3 is 0 Å². The Balaban J connectivity index is 1.89. The van der Waals surface area contributed by atoms with E-state index < -0.39 is 0 Å². The molecule has 1 saturated carbocycles. The van der Waals surface area contributed by atoms with Crippen LogP contribution < -0.4 is 0 Å². The molecule has 0 bridgehead atoms. The lowest BCUT2D eigenvalue weighted by molar-refractivity contribution is 0.384. The highest BCUT2D eigenvalue weighted by atomic mass is 14.3. The molecular weight excluding hydrogens is 242 g/mol. The van der Waals surface area contributed by atoms with Crippen LogP contribution in [-0.4, -0.2) is 0 Å². The van der Waals surface area contributed by atoms with Crippen molar-refractivity contribution in [3.05, 3.63) is 35.4 Å². The summed E-state index contributed by atoms with van der Waals surface area (Å²) < 4.78 is 0. The first kappa shape index (κ1) is 14.7. The topological polar surface area (TPSA) is 23.8 Å². The van der Waals surface area contributed by atoms with Gasteiger partial charge in [-0.05, 0) is 55.6 Å². The molecule has 0 unspecified atom stereocenters. The minimum absolute atomic E-state index is 0.440. The molecule has 104 valence electrons. The number of benzene rings is 1. The van der Waals surface area contributed by atoms with Crippen molar-refractivity contribution in [1.29, 1.82) is 5.26 Å². The van der Waals surface area contributed by atoms with E-state index >= 15 is 0 Å². The molecule has 1 nitrogen and oxygen atoms in total. The Morgan fingerprint density at radius 3 is 2.40 bits per heavy atom. The zero-order chi connectivity index (χ0) is 14.2. The first-order valence-electron chi connectivity index (χ1n) is 7.82. The van der Waals surface area contributed by atoms with Gasteiger partial charge in [0.2, 0.25) is 0 Å². The van der Waals surface area contributed by atoms with E-state index in [1.165, 1.54) is 43.2 Å². The van der Waals surface area contributed by atoms with Crippen LogP contribution in [0.15, 0.2) is 24.3 Å². The van der Waals surface area contributed by atoms with E-state index in [0.29, 0.717) is 11.8 Å². The molecule has 0 aromatic heterocycles. The first-order chi connectivity index (χ1) is 9.83. The number of hydrogen-bond acceptors (Lipinski definition) is 1. The van der Waals surface area contributed by atoms with E-state index in [2.05, 4.69) is 43.0 Å². The van der Waals surface area contributed by atoms with E-state index in [1.807, 2.05) is 6.07 Å². The molecule has 0 heterocycles. The Morgan fingerprint density at radius 2 is 1.80 bits per heavy atom. The summed E-state index contributed by atoms with van der Waals surface area (Å²) in [7, 11) is 0.